The highest BCUT2D eigenvalue weighted by atomic mass is 32.2. The van der Waals surface area contributed by atoms with Gasteiger partial charge in [0.05, 0.1) is 6.04 Å². The van der Waals surface area contributed by atoms with Crippen LogP contribution in [0, 0.1) is 6.92 Å². The monoisotopic (exact) mass is 245 g/mol. The minimum absolute atomic E-state index is 0.0930. The second-order valence-corrected chi connectivity index (χ2v) is 6.32. The zero-order valence-electron chi connectivity index (χ0n) is 9.99. The standard InChI is InChI=1S/C11H19NO3S/c1-9-6-7-11(15-9)10(12-2)5-4-8-16(3,13)14/h6-7,10,12H,4-5,8H2,1-3H3. The fourth-order valence-electron chi connectivity index (χ4n) is 1.62. The van der Waals surface area contributed by atoms with E-state index in [4.69, 9.17) is 4.42 Å². The number of hydrogen-bond donors (Lipinski definition) is 1. The average Bonchev–Trinajstić information content (AvgIpc) is 2.58. The van der Waals surface area contributed by atoms with Gasteiger partial charge in [-0.2, -0.15) is 0 Å². The van der Waals surface area contributed by atoms with Crippen LogP contribution in [0.15, 0.2) is 16.5 Å². The Hall–Kier alpha value is -0.810. The van der Waals surface area contributed by atoms with Crippen molar-refractivity contribution >= 4 is 9.84 Å². The van der Waals surface area contributed by atoms with E-state index in [0.29, 0.717) is 6.42 Å². The lowest BCUT2D eigenvalue weighted by molar-refractivity contribution is 0.399. The highest BCUT2D eigenvalue weighted by Crippen LogP contribution is 2.20. The van der Waals surface area contributed by atoms with Gasteiger partial charge in [-0.25, -0.2) is 8.42 Å². The maximum Gasteiger partial charge on any atom is 0.147 e. The Morgan fingerprint density at radius 1 is 1.44 bits per heavy atom. The van der Waals surface area contributed by atoms with Gasteiger partial charge in [-0.15, -0.1) is 0 Å². The largest absolute Gasteiger partial charge is 0.465 e. The highest BCUT2D eigenvalue weighted by Gasteiger charge is 2.13. The van der Waals surface area contributed by atoms with E-state index >= 15 is 0 Å². The predicted molar refractivity (Wildman–Crippen MR) is 64.2 cm³/mol. The maximum absolute atomic E-state index is 11.0. The minimum atomic E-state index is -2.86. The van der Waals surface area contributed by atoms with E-state index in [1.165, 1.54) is 6.26 Å². The molecule has 0 saturated heterocycles. The summed E-state index contributed by atoms with van der Waals surface area (Å²) in [5.74, 6) is 1.97. The Kier molecular flexibility index (Phi) is 4.56. The summed E-state index contributed by atoms with van der Waals surface area (Å²) in [6.45, 7) is 1.90. The first-order valence-electron chi connectivity index (χ1n) is 5.33. The summed E-state index contributed by atoms with van der Waals surface area (Å²) in [5, 5.41) is 3.13. The van der Waals surface area contributed by atoms with Crippen LogP contribution in [0.4, 0.5) is 0 Å². The maximum atomic E-state index is 11.0. The second kappa shape index (κ2) is 5.50. The molecule has 0 amide bonds. The van der Waals surface area contributed by atoms with Crippen molar-refractivity contribution in [2.75, 3.05) is 19.1 Å². The summed E-state index contributed by atoms with van der Waals surface area (Å²) in [6, 6.07) is 3.93. The van der Waals surface area contributed by atoms with E-state index in [1.54, 1.807) is 0 Å². The number of furan rings is 1. The molecule has 92 valence electrons. The van der Waals surface area contributed by atoms with Crippen molar-refractivity contribution in [2.45, 2.75) is 25.8 Å². The van der Waals surface area contributed by atoms with Gasteiger partial charge >= 0.3 is 0 Å². The fourth-order valence-corrected chi connectivity index (χ4v) is 2.31. The topological polar surface area (TPSA) is 59.3 Å². The third-order valence-corrected chi connectivity index (χ3v) is 3.49. The third-order valence-electron chi connectivity index (χ3n) is 2.46. The van der Waals surface area contributed by atoms with E-state index in [-0.39, 0.29) is 11.8 Å². The van der Waals surface area contributed by atoms with Gasteiger partial charge < -0.3 is 9.73 Å². The van der Waals surface area contributed by atoms with Gasteiger partial charge in [-0.3, -0.25) is 0 Å². The number of nitrogens with one attached hydrogen (secondary N) is 1. The van der Waals surface area contributed by atoms with Crippen molar-refractivity contribution < 1.29 is 12.8 Å². The van der Waals surface area contributed by atoms with E-state index in [0.717, 1.165) is 17.9 Å². The lowest BCUT2D eigenvalue weighted by atomic mass is 10.1. The summed E-state index contributed by atoms with van der Waals surface area (Å²) in [5.41, 5.74) is 0. The summed E-state index contributed by atoms with van der Waals surface area (Å²) in [7, 11) is -1.01. The minimum Gasteiger partial charge on any atom is -0.465 e. The van der Waals surface area contributed by atoms with Gasteiger partial charge in [0.1, 0.15) is 21.4 Å². The summed E-state index contributed by atoms with van der Waals surface area (Å²) in [6.07, 6.45) is 2.67. The van der Waals surface area contributed by atoms with Crippen LogP contribution in [-0.2, 0) is 9.84 Å². The first-order valence-corrected chi connectivity index (χ1v) is 7.40. The van der Waals surface area contributed by atoms with Crippen LogP contribution in [0.5, 0.6) is 0 Å². The molecule has 0 radical (unpaired) electrons. The van der Waals surface area contributed by atoms with E-state index in [9.17, 15) is 8.42 Å². The third kappa shape index (κ3) is 4.37. The zero-order valence-corrected chi connectivity index (χ0v) is 10.8. The molecule has 1 aromatic rings. The molecule has 16 heavy (non-hydrogen) atoms. The van der Waals surface area contributed by atoms with Crippen LogP contribution < -0.4 is 5.32 Å². The number of sulfone groups is 1. The van der Waals surface area contributed by atoms with Gasteiger partial charge in [0.2, 0.25) is 0 Å². The fraction of sp³-hybridized carbons (Fsp3) is 0.636. The molecule has 0 bridgehead atoms. The molecule has 0 spiro atoms. The summed E-state index contributed by atoms with van der Waals surface area (Å²) in [4.78, 5) is 0. The van der Waals surface area contributed by atoms with Crippen LogP contribution in [0.2, 0.25) is 0 Å². The van der Waals surface area contributed by atoms with Crippen molar-refractivity contribution in [3.8, 4) is 0 Å². The molecule has 1 N–H and O–H groups in total. The molecule has 0 aliphatic carbocycles. The van der Waals surface area contributed by atoms with E-state index < -0.39 is 9.84 Å². The second-order valence-electron chi connectivity index (χ2n) is 4.06. The molecule has 1 unspecified atom stereocenters. The highest BCUT2D eigenvalue weighted by molar-refractivity contribution is 7.90. The van der Waals surface area contributed by atoms with Gasteiger partial charge in [-0.05, 0) is 38.9 Å². The molecule has 0 saturated carbocycles. The molecule has 0 aromatic carbocycles. The Balaban J connectivity index is 2.50. The lowest BCUT2D eigenvalue weighted by Crippen LogP contribution is -2.17. The molecular formula is C11H19NO3S. The molecular weight excluding hydrogens is 226 g/mol. The van der Waals surface area contributed by atoms with Crippen LogP contribution in [0.3, 0.4) is 0 Å². The molecule has 1 rings (SSSR count). The normalized spacial score (nSPS) is 13.9. The molecule has 5 heteroatoms. The van der Waals surface area contributed by atoms with Gasteiger partial charge in [0.15, 0.2) is 0 Å². The van der Waals surface area contributed by atoms with Crippen molar-refractivity contribution in [1.29, 1.82) is 0 Å². The number of rotatable bonds is 6. The Bertz CT molecular complexity index is 422. The van der Waals surface area contributed by atoms with Crippen LogP contribution in [0.1, 0.15) is 30.4 Å². The van der Waals surface area contributed by atoms with Crippen molar-refractivity contribution in [3.63, 3.8) is 0 Å². The Morgan fingerprint density at radius 2 is 2.12 bits per heavy atom. The molecule has 4 nitrogen and oxygen atoms in total. The van der Waals surface area contributed by atoms with Crippen LogP contribution in [-0.4, -0.2) is 27.5 Å². The predicted octanol–water partition coefficient (Wildman–Crippen LogP) is 1.67. The van der Waals surface area contributed by atoms with Crippen molar-refractivity contribution in [2.24, 2.45) is 0 Å². The average molecular weight is 245 g/mol. The van der Waals surface area contributed by atoms with E-state index in [1.807, 2.05) is 26.1 Å². The zero-order chi connectivity index (χ0) is 12.2. The van der Waals surface area contributed by atoms with Gasteiger partial charge in [0, 0.05) is 12.0 Å². The van der Waals surface area contributed by atoms with Gasteiger partial charge in [-0.1, -0.05) is 0 Å². The molecule has 1 heterocycles. The first-order chi connectivity index (χ1) is 7.42. The first kappa shape index (κ1) is 13.3. The number of aryl methyl sites for hydroxylation is 1. The van der Waals surface area contributed by atoms with Crippen molar-refractivity contribution in [3.05, 3.63) is 23.7 Å². The van der Waals surface area contributed by atoms with Crippen LogP contribution >= 0.6 is 0 Å². The lowest BCUT2D eigenvalue weighted by Gasteiger charge is -2.12. The van der Waals surface area contributed by atoms with Gasteiger partial charge in [0.25, 0.3) is 0 Å². The van der Waals surface area contributed by atoms with Crippen LogP contribution in [0.25, 0.3) is 0 Å². The SMILES string of the molecule is CNC(CCCS(C)(=O)=O)c1ccc(C)o1. The quantitative estimate of drug-likeness (QED) is 0.828. The smallest absolute Gasteiger partial charge is 0.147 e. The number of hydrogen-bond acceptors (Lipinski definition) is 4. The molecule has 0 aliphatic rings. The summed E-state index contributed by atoms with van der Waals surface area (Å²) >= 11 is 0. The Morgan fingerprint density at radius 3 is 2.56 bits per heavy atom. The molecule has 1 aromatic heterocycles. The summed E-state index contributed by atoms with van der Waals surface area (Å²) < 4.78 is 27.5. The van der Waals surface area contributed by atoms with E-state index in [2.05, 4.69) is 5.32 Å². The molecule has 1 atom stereocenters. The molecule has 0 aliphatic heterocycles. The molecule has 0 fully saturated rings. The Labute approximate surface area is 97.0 Å². The van der Waals surface area contributed by atoms with Crippen molar-refractivity contribution in [1.82, 2.24) is 5.32 Å².